The van der Waals surface area contributed by atoms with E-state index in [2.05, 4.69) is 12.1 Å². The van der Waals surface area contributed by atoms with E-state index in [1.165, 1.54) is 7.11 Å². The van der Waals surface area contributed by atoms with Gasteiger partial charge in [-0.2, -0.15) is 0 Å². The van der Waals surface area contributed by atoms with Crippen LogP contribution >= 0.6 is 0 Å². The van der Waals surface area contributed by atoms with Gasteiger partial charge in [0.1, 0.15) is 17.2 Å². The highest BCUT2D eigenvalue weighted by atomic mass is 16.7. The van der Waals surface area contributed by atoms with Gasteiger partial charge in [0.25, 0.3) is 0 Å². The van der Waals surface area contributed by atoms with Gasteiger partial charge in [-0.1, -0.05) is 24.3 Å². The zero-order valence-corrected chi connectivity index (χ0v) is 24.2. The first-order chi connectivity index (χ1) is 20.5. The summed E-state index contributed by atoms with van der Waals surface area (Å²) in [7, 11) is 6.22. The summed E-state index contributed by atoms with van der Waals surface area (Å²) in [5.74, 6) is 2.87. The van der Waals surface area contributed by atoms with Crippen molar-refractivity contribution in [1.82, 2.24) is 0 Å². The summed E-state index contributed by atoms with van der Waals surface area (Å²) in [6.45, 7) is 1.14. The Morgan fingerprint density at radius 3 is 2.10 bits per heavy atom. The molecule has 0 aromatic heterocycles. The van der Waals surface area contributed by atoms with Gasteiger partial charge in [-0.3, -0.25) is 0 Å². The second kappa shape index (κ2) is 13.4. The summed E-state index contributed by atoms with van der Waals surface area (Å²) in [4.78, 5) is 12.0. The third-order valence-corrected chi connectivity index (χ3v) is 7.14. The van der Waals surface area contributed by atoms with E-state index < -0.39 is 12.3 Å². The smallest absolute Gasteiger partial charge is 0.337 e. The van der Waals surface area contributed by atoms with Crippen LogP contribution in [0.4, 0.5) is 0 Å². The van der Waals surface area contributed by atoms with Gasteiger partial charge < -0.3 is 33.2 Å². The van der Waals surface area contributed by atoms with Gasteiger partial charge in [0, 0.05) is 11.1 Å². The zero-order valence-electron chi connectivity index (χ0n) is 24.2. The molecule has 42 heavy (non-hydrogen) atoms. The maximum atomic E-state index is 12.0. The molecule has 0 radical (unpaired) electrons. The minimum absolute atomic E-state index is 0.395. The molecule has 8 heteroatoms. The molecule has 0 saturated carbocycles. The van der Waals surface area contributed by atoms with Gasteiger partial charge in [0.2, 0.25) is 0 Å². The predicted molar refractivity (Wildman–Crippen MR) is 158 cm³/mol. The molecular weight excluding hydrogens is 536 g/mol. The van der Waals surface area contributed by atoms with E-state index in [0.29, 0.717) is 41.8 Å². The minimum Gasteiger partial charge on any atom is -0.497 e. The summed E-state index contributed by atoms with van der Waals surface area (Å²) in [5.41, 5.74) is 5.45. The third kappa shape index (κ3) is 6.51. The molecule has 1 aliphatic rings. The fourth-order valence-electron chi connectivity index (χ4n) is 4.93. The number of ether oxygens (including phenoxy) is 7. The van der Waals surface area contributed by atoms with Crippen molar-refractivity contribution in [1.29, 1.82) is 0 Å². The van der Waals surface area contributed by atoms with E-state index >= 15 is 0 Å². The number of aryl methyl sites for hydroxylation is 2. The summed E-state index contributed by atoms with van der Waals surface area (Å²) in [6.07, 6.45) is 1.15. The number of carbonyl (C=O) groups excluding carboxylic acids is 1. The van der Waals surface area contributed by atoms with Crippen molar-refractivity contribution in [3.8, 4) is 39.9 Å². The quantitative estimate of drug-likeness (QED) is 0.182. The maximum Gasteiger partial charge on any atom is 0.337 e. The SMILES string of the molecule is COC(=O)c1ccc(-c2ccc(OC)cc2CCc2ccc(Oc3cc(C4OCCO4)ccc3OC)cc2)c(OC)c1. The molecule has 4 aromatic rings. The van der Waals surface area contributed by atoms with Gasteiger partial charge in [0.05, 0.1) is 47.2 Å². The lowest BCUT2D eigenvalue weighted by Gasteiger charge is -2.16. The number of esters is 1. The van der Waals surface area contributed by atoms with Crippen LogP contribution in [0, 0.1) is 0 Å². The summed E-state index contributed by atoms with van der Waals surface area (Å²) >= 11 is 0. The summed E-state index contributed by atoms with van der Waals surface area (Å²) in [6, 6.07) is 25.0. The topological polar surface area (TPSA) is 81.7 Å². The first kappa shape index (κ1) is 29.0. The number of hydrogen-bond acceptors (Lipinski definition) is 8. The number of hydrogen-bond donors (Lipinski definition) is 0. The maximum absolute atomic E-state index is 12.0. The summed E-state index contributed by atoms with van der Waals surface area (Å²) < 4.78 is 39.0. The molecule has 4 aromatic carbocycles. The van der Waals surface area contributed by atoms with Crippen LogP contribution < -0.4 is 18.9 Å². The van der Waals surface area contributed by atoms with Gasteiger partial charge in [-0.05, 0) is 84.1 Å². The van der Waals surface area contributed by atoms with E-state index in [4.69, 9.17) is 33.2 Å². The Hall–Kier alpha value is -4.53. The number of benzene rings is 4. The second-order valence-corrected chi connectivity index (χ2v) is 9.66. The van der Waals surface area contributed by atoms with Crippen LogP contribution in [0.2, 0.25) is 0 Å². The van der Waals surface area contributed by atoms with Crippen LogP contribution in [0.25, 0.3) is 11.1 Å². The first-order valence-corrected chi connectivity index (χ1v) is 13.6. The van der Waals surface area contributed by atoms with E-state index in [1.807, 2.05) is 54.6 Å². The molecule has 8 nitrogen and oxygen atoms in total. The normalized spacial score (nSPS) is 13.0. The van der Waals surface area contributed by atoms with E-state index in [9.17, 15) is 4.79 Å². The standard InChI is InChI=1S/C34H34O8/c1-36-27-13-15-28(29-14-9-24(33(35)39-4)20-31(29)38-3)23(19-27)8-5-22-6-11-26(12-7-22)42-32-21-25(10-16-30(32)37-2)34-40-17-18-41-34/h6-7,9-16,19-21,34H,5,8,17-18H2,1-4H3. The average molecular weight is 571 g/mol. The largest absolute Gasteiger partial charge is 0.497 e. The molecule has 0 bridgehead atoms. The molecule has 5 rings (SSSR count). The predicted octanol–water partition coefficient (Wildman–Crippen LogP) is 6.79. The lowest BCUT2D eigenvalue weighted by atomic mass is 9.93. The van der Waals surface area contributed by atoms with Crippen molar-refractivity contribution in [3.05, 3.63) is 101 Å². The lowest BCUT2D eigenvalue weighted by molar-refractivity contribution is -0.0442. The van der Waals surface area contributed by atoms with Crippen LogP contribution in [0.15, 0.2) is 78.9 Å². The van der Waals surface area contributed by atoms with Crippen LogP contribution in [0.5, 0.6) is 28.7 Å². The molecule has 218 valence electrons. The van der Waals surface area contributed by atoms with Gasteiger partial charge >= 0.3 is 5.97 Å². The van der Waals surface area contributed by atoms with Crippen molar-refractivity contribution < 1.29 is 38.0 Å². The monoisotopic (exact) mass is 570 g/mol. The van der Waals surface area contributed by atoms with Gasteiger partial charge in [-0.25, -0.2) is 4.79 Å². The van der Waals surface area contributed by atoms with Crippen molar-refractivity contribution >= 4 is 5.97 Å². The first-order valence-electron chi connectivity index (χ1n) is 13.6. The van der Waals surface area contributed by atoms with E-state index in [1.54, 1.807) is 33.5 Å². The molecule has 0 spiro atoms. The lowest BCUT2D eigenvalue weighted by Crippen LogP contribution is -2.03. The van der Waals surface area contributed by atoms with Crippen molar-refractivity contribution in [2.24, 2.45) is 0 Å². The third-order valence-electron chi connectivity index (χ3n) is 7.14. The van der Waals surface area contributed by atoms with Crippen LogP contribution in [0.1, 0.15) is 33.3 Å². The number of methoxy groups -OCH3 is 4. The molecular formula is C34H34O8. The molecule has 0 N–H and O–H groups in total. The number of carbonyl (C=O) groups is 1. The van der Waals surface area contributed by atoms with Gasteiger partial charge in [0.15, 0.2) is 17.8 Å². The van der Waals surface area contributed by atoms with Crippen LogP contribution in [0.3, 0.4) is 0 Å². The summed E-state index contributed by atoms with van der Waals surface area (Å²) in [5, 5.41) is 0. The van der Waals surface area contributed by atoms with Crippen LogP contribution in [-0.2, 0) is 27.1 Å². The second-order valence-electron chi connectivity index (χ2n) is 9.66. The Kier molecular flexibility index (Phi) is 9.26. The Morgan fingerprint density at radius 1 is 0.690 bits per heavy atom. The Labute approximate surface area is 245 Å². The molecule has 0 unspecified atom stereocenters. The zero-order chi connectivity index (χ0) is 29.5. The van der Waals surface area contributed by atoms with E-state index in [-0.39, 0.29) is 0 Å². The van der Waals surface area contributed by atoms with Crippen molar-refractivity contribution in [3.63, 3.8) is 0 Å². The molecule has 0 amide bonds. The molecule has 1 heterocycles. The Balaban J connectivity index is 1.33. The Morgan fingerprint density at radius 2 is 1.40 bits per heavy atom. The number of rotatable bonds is 11. The van der Waals surface area contributed by atoms with Crippen molar-refractivity contribution in [2.45, 2.75) is 19.1 Å². The molecule has 1 aliphatic heterocycles. The van der Waals surface area contributed by atoms with Gasteiger partial charge in [-0.15, -0.1) is 0 Å². The molecule has 0 aliphatic carbocycles. The van der Waals surface area contributed by atoms with Crippen molar-refractivity contribution in [2.75, 3.05) is 41.7 Å². The highest BCUT2D eigenvalue weighted by molar-refractivity contribution is 5.91. The highest BCUT2D eigenvalue weighted by Gasteiger charge is 2.20. The molecule has 0 atom stereocenters. The fraction of sp³-hybridized carbons (Fsp3) is 0.265. The minimum atomic E-state index is -0.412. The molecule has 1 fully saturated rings. The van der Waals surface area contributed by atoms with E-state index in [0.717, 1.165) is 46.4 Å². The Bertz CT molecular complexity index is 1520. The van der Waals surface area contributed by atoms with Crippen LogP contribution in [-0.4, -0.2) is 47.6 Å². The fourth-order valence-corrected chi connectivity index (χ4v) is 4.93. The highest BCUT2D eigenvalue weighted by Crippen LogP contribution is 2.37. The average Bonchev–Trinajstić information content (AvgIpc) is 3.59. The molecule has 1 saturated heterocycles.